The summed E-state index contributed by atoms with van der Waals surface area (Å²) < 4.78 is 1.97. The zero-order valence-corrected chi connectivity index (χ0v) is 11.9. The minimum absolute atomic E-state index is 0.125. The van der Waals surface area contributed by atoms with Gasteiger partial charge in [-0.05, 0) is 13.8 Å². The molecule has 0 N–H and O–H groups in total. The van der Waals surface area contributed by atoms with Crippen LogP contribution in [0.4, 0.5) is 0 Å². The lowest BCUT2D eigenvalue weighted by Crippen LogP contribution is -2.19. The summed E-state index contributed by atoms with van der Waals surface area (Å²) in [5, 5.41) is 0. The van der Waals surface area contributed by atoms with Crippen molar-refractivity contribution >= 4 is 5.78 Å². The molecule has 100 valence electrons. The van der Waals surface area contributed by atoms with Crippen molar-refractivity contribution in [3.8, 4) is 0 Å². The van der Waals surface area contributed by atoms with Crippen LogP contribution in [-0.2, 0) is 0 Å². The summed E-state index contributed by atoms with van der Waals surface area (Å²) >= 11 is 0. The number of ketones is 1. The fraction of sp³-hybridized carbons (Fsp3) is 0.375. The predicted molar refractivity (Wildman–Crippen MR) is 76.5 cm³/mol. The molecule has 0 radical (unpaired) electrons. The molecule has 1 aromatic carbocycles. The SMILES string of the molecule is Cc1ccc(C(=O)C(C)n2ccnc2C(C)C)cc1. The first-order chi connectivity index (χ1) is 9.00. The van der Waals surface area contributed by atoms with Crippen molar-refractivity contribution in [3.05, 3.63) is 53.6 Å². The van der Waals surface area contributed by atoms with Gasteiger partial charge in [0, 0.05) is 23.9 Å². The van der Waals surface area contributed by atoms with Gasteiger partial charge in [-0.3, -0.25) is 4.79 Å². The van der Waals surface area contributed by atoms with Crippen LogP contribution in [0.5, 0.6) is 0 Å². The molecule has 0 aliphatic heterocycles. The number of nitrogens with zero attached hydrogens (tertiary/aromatic N) is 2. The van der Waals surface area contributed by atoms with E-state index in [9.17, 15) is 4.79 Å². The summed E-state index contributed by atoms with van der Waals surface area (Å²) in [7, 11) is 0. The number of Topliss-reactive ketones (excluding diaryl/α,β-unsaturated/α-hetero) is 1. The maximum absolute atomic E-state index is 12.5. The minimum Gasteiger partial charge on any atom is -0.324 e. The van der Waals surface area contributed by atoms with Crippen LogP contribution in [0.1, 0.15) is 54.5 Å². The van der Waals surface area contributed by atoms with E-state index in [-0.39, 0.29) is 11.8 Å². The van der Waals surface area contributed by atoms with E-state index in [4.69, 9.17) is 0 Å². The van der Waals surface area contributed by atoms with Gasteiger partial charge in [-0.2, -0.15) is 0 Å². The molecule has 0 saturated heterocycles. The van der Waals surface area contributed by atoms with Crippen LogP contribution >= 0.6 is 0 Å². The van der Waals surface area contributed by atoms with Gasteiger partial charge < -0.3 is 4.57 Å². The van der Waals surface area contributed by atoms with Gasteiger partial charge in [0.2, 0.25) is 0 Å². The number of hydrogen-bond acceptors (Lipinski definition) is 2. The summed E-state index contributed by atoms with van der Waals surface area (Å²) in [6.45, 7) is 8.12. The summed E-state index contributed by atoms with van der Waals surface area (Å²) in [6.07, 6.45) is 3.64. The summed E-state index contributed by atoms with van der Waals surface area (Å²) in [5.74, 6) is 1.39. The fourth-order valence-corrected chi connectivity index (χ4v) is 2.18. The highest BCUT2D eigenvalue weighted by atomic mass is 16.1. The maximum atomic E-state index is 12.5. The highest BCUT2D eigenvalue weighted by Gasteiger charge is 2.20. The second kappa shape index (κ2) is 5.39. The quantitative estimate of drug-likeness (QED) is 0.781. The second-order valence-corrected chi connectivity index (χ2v) is 5.25. The zero-order valence-electron chi connectivity index (χ0n) is 11.9. The molecule has 3 heteroatoms. The summed E-state index contributed by atoms with van der Waals surface area (Å²) in [6, 6.07) is 7.50. The Kier molecular flexibility index (Phi) is 3.84. The normalized spacial score (nSPS) is 12.7. The van der Waals surface area contributed by atoms with Crippen LogP contribution in [0, 0.1) is 6.92 Å². The van der Waals surface area contributed by atoms with Crippen LogP contribution in [0.25, 0.3) is 0 Å². The second-order valence-electron chi connectivity index (χ2n) is 5.25. The third-order valence-corrected chi connectivity index (χ3v) is 3.35. The molecule has 0 fully saturated rings. The lowest BCUT2D eigenvalue weighted by molar-refractivity contribution is 0.0933. The third-order valence-electron chi connectivity index (χ3n) is 3.35. The predicted octanol–water partition coefficient (Wildman–Crippen LogP) is 3.76. The molecular formula is C16H20N2O. The minimum atomic E-state index is -0.220. The first-order valence-electron chi connectivity index (χ1n) is 6.64. The first kappa shape index (κ1) is 13.5. The number of carbonyl (C=O) groups excluding carboxylic acids is 1. The van der Waals surface area contributed by atoms with Crippen molar-refractivity contribution in [3.63, 3.8) is 0 Å². The van der Waals surface area contributed by atoms with E-state index in [0.717, 1.165) is 17.0 Å². The molecule has 3 nitrogen and oxygen atoms in total. The molecular weight excluding hydrogens is 236 g/mol. The topological polar surface area (TPSA) is 34.9 Å². The molecule has 0 aliphatic rings. The van der Waals surface area contributed by atoms with Crippen LogP contribution < -0.4 is 0 Å². The zero-order chi connectivity index (χ0) is 14.0. The number of carbonyl (C=O) groups is 1. The molecule has 0 amide bonds. The van der Waals surface area contributed by atoms with E-state index >= 15 is 0 Å². The Balaban J connectivity index is 2.28. The van der Waals surface area contributed by atoms with Crippen LogP contribution in [0.15, 0.2) is 36.7 Å². The molecule has 19 heavy (non-hydrogen) atoms. The lowest BCUT2D eigenvalue weighted by Gasteiger charge is -2.17. The molecule has 1 aromatic heterocycles. The molecule has 2 rings (SSSR count). The van der Waals surface area contributed by atoms with Gasteiger partial charge in [-0.15, -0.1) is 0 Å². The van der Waals surface area contributed by atoms with Crippen molar-refractivity contribution in [2.75, 3.05) is 0 Å². The Hall–Kier alpha value is -1.90. The van der Waals surface area contributed by atoms with Crippen molar-refractivity contribution < 1.29 is 4.79 Å². The molecule has 1 atom stereocenters. The lowest BCUT2D eigenvalue weighted by atomic mass is 10.0. The fourth-order valence-electron chi connectivity index (χ4n) is 2.18. The van der Waals surface area contributed by atoms with E-state index in [1.165, 1.54) is 0 Å². The highest BCUT2D eigenvalue weighted by molar-refractivity contribution is 5.98. The van der Waals surface area contributed by atoms with Crippen molar-refractivity contribution in [2.45, 2.75) is 39.7 Å². The van der Waals surface area contributed by atoms with Gasteiger partial charge in [-0.25, -0.2) is 4.98 Å². The summed E-state index contributed by atoms with van der Waals surface area (Å²) in [5.41, 5.74) is 1.91. The molecule has 0 aliphatic carbocycles. The van der Waals surface area contributed by atoms with E-state index in [2.05, 4.69) is 18.8 Å². The van der Waals surface area contributed by atoms with Gasteiger partial charge in [0.15, 0.2) is 5.78 Å². The molecule has 1 unspecified atom stereocenters. The smallest absolute Gasteiger partial charge is 0.185 e. The Morgan fingerprint density at radius 1 is 1.16 bits per heavy atom. The highest BCUT2D eigenvalue weighted by Crippen LogP contribution is 2.20. The number of benzene rings is 1. The Morgan fingerprint density at radius 2 is 1.79 bits per heavy atom. The largest absolute Gasteiger partial charge is 0.324 e. The van der Waals surface area contributed by atoms with Gasteiger partial charge >= 0.3 is 0 Å². The molecule has 0 bridgehead atoms. The van der Waals surface area contributed by atoms with E-state index in [0.29, 0.717) is 5.92 Å². The Labute approximate surface area is 114 Å². The third kappa shape index (κ3) is 2.75. The molecule has 0 saturated carbocycles. The Bertz CT molecular complexity index is 567. The number of hydrogen-bond donors (Lipinski definition) is 0. The van der Waals surface area contributed by atoms with E-state index in [1.54, 1.807) is 6.20 Å². The Morgan fingerprint density at radius 3 is 2.37 bits per heavy atom. The average Bonchev–Trinajstić information content (AvgIpc) is 2.87. The van der Waals surface area contributed by atoms with Crippen LogP contribution in [0.2, 0.25) is 0 Å². The number of imidazole rings is 1. The van der Waals surface area contributed by atoms with Gasteiger partial charge in [0.05, 0.1) is 6.04 Å². The molecule has 2 aromatic rings. The van der Waals surface area contributed by atoms with E-state index in [1.807, 2.05) is 48.9 Å². The van der Waals surface area contributed by atoms with Crippen molar-refractivity contribution in [2.24, 2.45) is 0 Å². The standard InChI is InChI=1S/C16H20N2O/c1-11(2)16-17-9-10-18(16)13(4)15(19)14-7-5-12(3)6-8-14/h5-11,13H,1-4H3. The first-order valence-corrected chi connectivity index (χ1v) is 6.64. The van der Waals surface area contributed by atoms with Crippen LogP contribution in [0.3, 0.4) is 0 Å². The number of aryl methyl sites for hydroxylation is 1. The monoisotopic (exact) mass is 256 g/mol. The maximum Gasteiger partial charge on any atom is 0.185 e. The van der Waals surface area contributed by atoms with Gasteiger partial charge in [-0.1, -0.05) is 43.7 Å². The van der Waals surface area contributed by atoms with E-state index < -0.39 is 0 Å². The molecule has 0 spiro atoms. The van der Waals surface area contributed by atoms with Gasteiger partial charge in [0.1, 0.15) is 5.82 Å². The summed E-state index contributed by atoms with van der Waals surface area (Å²) in [4.78, 5) is 16.8. The number of rotatable bonds is 4. The van der Waals surface area contributed by atoms with Crippen LogP contribution in [-0.4, -0.2) is 15.3 Å². The number of aromatic nitrogens is 2. The average molecular weight is 256 g/mol. The van der Waals surface area contributed by atoms with Gasteiger partial charge in [0.25, 0.3) is 0 Å². The molecule has 1 heterocycles. The van der Waals surface area contributed by atoms with Crippen molar-refractivity contribution in [1.82, 2.24) is 9.55 Å². The van der Waals surface area contributed by atoms with Crippen molar-refractivity contribution in [1.29, 1.82) is 0 Å².